The second-order valence-electron chi connectivity index (χ2n) is 4.06. The van der Waals surface area contributed by atoms with E-state index in [9.17, 15) is 9.18 Å². The molecule has 1 aromatic heterocycles. The standard InChI is InChI=1S/C14H14FNO2/c1-16(9-8-13-3-2-10-18-13)14(17)11-4-6-12(15)7-5-11/h2-7,10H,8-9H2,1H3. The smallest absolute Gasteiger partial charge is 0.253 e. The Hall–Kier alpha value is -2.10. The van der Waals surface area contributed by atoms with E-state index in [0.29, 0.717) is 18.5 Å². The van der Waals surface area contributed by atoms with Gasteiger partial charge in [-0.25, -0.2) is 4.39 Å². The second-order valence-corrected chi connectivity index (χ2v) is 4.06. The van der Waals surface area contributed by atoms with Crippen LogP contribution in [0.25, 0.3) is 0 Å². The van der Waals surface area contributed by atoms with E-state index in [2.05, 4.69) is 0 Å². The van der Waals surface area contributed by atoms with Crippen LogP contribution in [-0.2, 0) is 6.42 Å². The fraction of sp³-hybridized carbons (Fsp3) is 0.214. The lowest BCUT2D eigenvalue weighted by molar-refractivity contribution is 0.0795. The molecular weight excluding hydrogens is 233 g/mol. The van der Waals surface area contributed by atoms with E-state index in [1.165, 1.54) is 24.3 Å². The van der Waals surface area contributed by atoms with Gasteiger partial charge in [0.05, 0.1) is 6.26 Å². The summed E-state index contributed by atoms with van der Waals surface area (Å²) in [5, 5.41) is 0. The Bertz CT molecular complexity index is 505. The van der Waals surface area contributed by atoms with E-state index in [-0.39, 0.29) is 11.7 Å². The van der Waals surface area contributed by atoms with E-state index in [0.717, 1.165) is 5.76 Å². The lowest BCUT2D eigenvalue weighted by Crippen LogP contribution is -2.28. The van der Waals surface area contributed by atoms with Crippen molar-refractivity contribution in [2.24, 2.45) is 0 Å². The Morgan fingerprint density at radius 1 is 1.28 bits per heavy atom. The number of furan rings is 1. The van der Waals surface area contributed by atoms with Crippen LogP contribution >= 0.6 is 0 Å². The summed E-state index contributed by atoms with van der Waals surface area (Å²) in [6.07, 6.45) is 2.27. The SMILES string of the molecule is CN(CCc1ccco1)C(=O)c1ccc(F)cc1. The first-order valence-electron chi connectivity index (χ1n) is 5.70. The maximum Gasteiger partial charge on any atom is 0.253 e. The van der Waals surface area contributed by atoms with Crippen molar-refractivity contribution < 1.29 is 13.6 Å². The number of rotatable bonds is 4. The van der Waals surface area contributed by atoms with Gasteiger partial charge < -0.3 is 9.32 Å². The third-order valence-electron chi connectivity index (χ3n) is 2.71. The number of hydrogen-bond donors (Lipinski definition) is 0. The molecule has 0 atom stereocenters. The van der Waals surface area contributed by atoms with Crippen molar-refractivity contribution in [3.05, 3.63) is 59.8 Å². The monoisotopic (exact) mass is 247 g/mol. The number of nitrogens with zero attached hydrogens (tertiary/aromatic N) is 1. The van der Waals surface area contributed by atoms with Crippen LogP contribution in [0, 0.1) is 5.82 Å². The summed E-state index contributed by atoms with van der Waals surface area (Å²) in [4.78, 5) is 13.6. The first-order chi connectivity index (χ1) is 8.66. The number of likely N-dealkylation sites (N-methyl/N-ethyl adjacent to an activating group) is 1. The number of hydrogen-bond acceptors (Lipinski definition) is 2. The molecule has 1 aromatic carbocycles. The molecule has 2 aromatic rings. The van der Waals surface area contributed by atoms with Crippen LogP contribution in [0.1, 0.15) is 16.1 Å². The molecule has 3 nitrogen and oxygen atoms in total. The molecule has 2 rings (SSSR count). The Kier molecular flexibility index (Phi) is 3.77. The Labute approximate surface area is 105 Å². The molecule has 0 saturated heterocycles. The van der Waals surface area contributed by atoms with Gasteiger partial charge >= 0.3 is 0 Å². The van der Waals surface area contributed by atoms with E-state index in [1.807, 2.05) is 12.1 Å². The highest BCUT2D eigenvalue weighted by atomic mass is 19.1. The molecule has 0 radical (unpaired) electrons. The minimum atomic E-state index is -0.343. The summed E-state index contributed by atoms with van der Waals surface area (Å²) < 4.78 is 17.9. The van der Waals surface area contributed by atoms with Crippen molar-refractivity contribution in [1.29, 1.82) is 0 Å². The summed E-state index contributed by atoms with van der Waals surface area (Å²) in [5.41, 5.74) is 0.485. The zero-order valence-corrected chi connectivity index (χ0v) is 10.1. The number of benzene rings is 1. The van der Waals surface area contributed by atoms with Crippen molar-refractivity contribution >= 4 is 5.91 Å². The summed E-state index contributed by atoms with van der Waals surface area (Å²) in [6.45, 7) is 0.559. The lowest BCUT2D eigenvalue weighted by Gasteiger charge is -2.16. The van der Waals surface area contributed by atoms with Gasteiger partial charge in [0.15, 0.2) is 0 Å². The molecule has 0 aliphatic rings. The minimum absolute atomic E-state index is 0.124. The van der Waals surface area contributed by atoms with Crippen LogP contribution in [-0.4, -0.2) is 24.4 Å². The van der Waals surface area contributed by atoms with Crippen molar-refractivity contribution in [1.82, 2.24) is 4.90 Å². The first-order valence-corrected chi connectivity index (χ1v) is 5.70. The summed E-state index contributed by atoms with van der Waals surface area (Å²) in [6, 6.07) is 9.23. The van der Waals surface area contributed by atoms with Crippen molar-refractivity contribution in [2.75, 3.05) is 13.6 Å². The highest BCUT2D eigenvalue weighted by molar-refractivity contribution is 5.93. The number of carbonyl (C=O) groups excluding carboxylic acids is 1. The molecule has 4 heteroatoms. The van der Waals surface area contributed by atoms with Gasteiger partial charge in [-0.3, -0.25) is 4.79 Å². The van der Waals surface area contributed by atoms with Crippen LogP contribution in [0.15, 0.2) is 47.1 Å². The van der Waals surface area contributed by atoms with E-state index < -0.39 is 0 Å². The van der Waals surface area contributed by atoms with Gasteiger partial charge in [0.2, 0.25) is 0 Å². The van der Waals surface area contributed by atoms with Gasteiger partial charge in [0.1, 0.15) is 11.6 Å². The Morgan fingerprint density at radius 3 is 2.61 bits per heavy atom. The normalized spacial score (nSPS) is 10.3. The molecule has 94 valence electrons. The van der Waals surface area contributed by atoms with Crippen molar-refractivity contribution in [3.8, 4) is 0 Å². The predicted octanol–water partition coefficient (Wildman–Crippen LogP) is 2.73. The third kappa shape index (κ3) is 2.97. The van der Waals surface area contributed by atoms with Crippen molar-refractivity contribution in [3.63, 3.8) is 0 Å². The fourth-order valence-corrected chi connectivity index (χ4v) is 1.65. The topological polar surface area (TPSA) is 33.5 Å². The van der Waals surface area contributed by atoms with Crippen LogP contribution in [0.4, 0.5) is 4.39 Å². The highest BCUT2D eigenvalue weighted by Gasteiger charge is 2.11. The Balaban J connectivity index is 1.94. The number of halogens is 1. The van der Waals surface area contributed by atoms with Gasteiger partial charge in [-0.1, -0.05) is 0 Å². The molecule has 0 fully saturated rings. The molecule has 0 saturated carbocycles. The maximum atomic E-state index is 12.7. The number of amides is 1. The second kappa shape index (κ2) is 5.49. The van der Waals surface area contributed by atoms with Gasteiger partial charge in [-0.05, 0) is 36.4 Å². The fourth-order valence-electron chi connectivity index (χ4n) is 1.65. The maximum absolute atomic E-state index is 12.7. The third-order valence-corrected chi connectivity index (χ3v) is 2.71. The minimum Gasteiger partial charge on any atom is -0.469 e. The van der Waals surface area contributed by atoms with Gasteiger partial charge in [0, 0.05) is 25.6 Å². The van der Waals surface area contributed by atoms with E-state index in [1.54, 1.807) is 18.2 Å². The summed E-state index contributed by atoms with van der Waals surface area (Å²) in [7, 11) is 1.72. The van der Waals surface area contributed by atoms with Crippen LogP contribution in [0.3, 0.4) is 0 Å². The molecule has 18 heavy (non-hydrogen) atoms. The summed E-state index contributed by atoms with van der Waals surface area (Å²) in [5.74, 6) is 0.375. The van der Waals surface area contributed by atoms with Crippen LogP contribution in [0.5, 0.6) is 0 Å². The molecule has 0 N–H and O–H groups in total. The molecular formula is C14H14FNO2. The summed E-state index contributed by atoms with van der Waals surface area (Å²) >= 11 is 0. The average Bonchev–Trinajstić information content (AvgIpc) is 2.89. The molecule has 0 aliphatic carbocycles. The van der Waals surface area contributed by atoms with Gasteiger partial charge in [-0.15, -0.1) is 0 Å². The highest BCUT2D eigenvalue weighted by Crippen LogP contribution is 2.07. The first kappa shape index (κ1) is 12.4. The zero-order valence-electron chi connectivity index (χ0n) is 10.1. The molecule has 0 unspecified atom stereocenters. The zero-order chi connectivity index (χ0) is 13.0. The molecule has 0 aliphatic heterocycles. The van der Waals surface area contributed by atoms with Gasteiger partial charge in [0.25, 0.3) is 5.91 Å². The molecule has 0 bridgehead atoms. The van der Waals surface area contributed by atoms with Crippen LogP contribution < -0.4 is 0 Å². The quantitative estimate of drug-likeness (QED) is 0.832. The molecule has 0 spiro atoms. The number of carbonyl (C=O) groups is 1. The average molecular weight is 247 g/mol. The van der Waals surface area contributed by atoms with E-state index >= 15 is 0 Å². The Morgan fingerprint density at radius 2 is 2.00 bits per heavy atom. The predicted molar refractivity (Wildman–Crippen MR) is 65.8 cm³/mol. The van der Waals surface area contributed by atoms with Gasteiger partial charge in [-0.2, -0.15) is 0 Å². The molecule has 1 heterocycles. The molecule has 1 amide bonds. The lowest BCUT2D eigenvalue weighted by atomic mass is 10.2. The van der Waals surface area contributed by atoms with Crippen LogP contribution in [0.2, 0.25) is 0 Å². The largest absolute Gasteiger partial charge is 0.469 e. The van der Waals surface area contributed by atoms with E-state index in [4.69, 9.17) is 4.42 Å². The van der Waals surface area contributed by atoms with Crippen molar-refractivity contribution in [2.45, 2.75) is 6.42 Å².